The van der Waals surface area contributed by atoms with Crippen molar-refractivity contribution in [2.45, 2.75) is 6.92 Å². The molecule has 2 aromatic carbocycles. The molecule has 1 nitrogen and oxygen atoms in total. The fourth-order valence-corrected chi connectivity index (χ4v) is 1.63. The van der Waals surface area contributed by atoms with E-state index >= 15 is 0 Å². The first-order chi connectivity index (χ1) is 7.18. The molecule has 0 aliphatic carbocycles. The number of rotatable bonds is 1. The van der Waals surface area contributed by atoms with Crippen molar-refractivity contribution in [2.75, 3.05) is 0 Å². The molecular formula is C13H11FO. The summed E-state index contributed by atoms with van der Waals surface area (Å²) in [6.45, 7) is 1.82. The van der Waals surface area contributed by atoms with Gasteiger partial charge in [-0.2, -0.15) is 0 Å². The van der Waals surface area contributed by atoms with Crippen LogP contribution in [0.4, 0.5) is 4.39 Å². The van der Waals surface area contributed by atoms with E-state index in [4.69, 9.17) is 0 Å². The van der Waals surface area contributed by atoms with Crippen LogP contribution in [0.1, 0.15) is 5.56 Å². The SMILES string of the molecule is Cc1cc(F)ccc1-c1ccccc1O. The summed E-state index contributed by atoms with van der Waals surface area (Å²) < 4.78 is 12.9. The van der Waals surface area contributed by atoms with Crippen molar-refractivity contribution in [1.82, 2.24) is 0 Å². The van der Waals surface area contributed by atoms with Crippen LogP contribution in [0.3, 0.4) is 0 Å². The molecule has 0 fully saturated rings. The zero-order valence-corrected chi connectivity index (χ0v) is 8.37. The molecule has 0 aromatic heterocycles. The maximum absolute atomic E-state index is 12.9. The number of aromatic hydroxyl groups is 1. The van der Waals surface area contributed by atoms with Crippen LogP contribution in [0.25, 0.3) is 11.1 Å². The Kier molecular flexibility index (Phi) is 2.42. The quantitative estimate of drug-likeness (QED) is 0.750. The van der Waals surface area contributed by atoms with E-state index in [1.807, 2.05) is 19.1 Å². The smallest absolute Gasteiger partial charge is 0.123 e. The fourth-order valence-electron chi connectivity index (χ4n) is 1.63. The van der Waals surface area contributed by atoms with Gasteiger partial charge >= 0.3 is 0 Å². The van der Waals surface area contributed by atoms with E-state index in [0.717, 1.165) is 16.7 Å². The molecule has 0 amide bonds. The summed E-state index contributed by atoms with van der Waals surface area (Å²) in [6.07, 6.45) is 0. The average molecular weight is 202 g/mol. The lowest BCUT2D eigenvalue weighted by molar-refractivity contribution is 0.477. The monoisotopic (exact) mass is 202 g/mol. The first-order valence-corrected chi connectivity index (χ1v) is 4.73. The topological polar surface area (TPSA) is 20.2 Å². The largest absolute Gasteiger partial charge is 0.507 e. The molecule has 1 N–H and O–H groups in total. The van der Waals surface area contributed by atoms with Crippen LogP contribution >= 0.6 is 0 Å². The van der Waals surface area contributed by atoms with Gasteiger partial charge in [-0.25, -0.2) is 4.39 Å². The van der Waals surface area contributed by atoms with Crippen molar-refractivity contribution in [2.24, 2.45) is 0 Å². The van der Waals surface area contributed by atoms with Gasteiger partial charge in [-0.1, -0.05) is 24.3 Å². The number of aryl methyl sites for hydroxylation is 1. The number of hydrogen-bond acceptors (Lipinski definition) is 1. The van der Waals surface area contributed by atoms with E-state index < -0.39 is 0 Å². The Bertz CT molecular complexity index is 492. The second kappa shape index (κ2) is 3.73. The van der Waals surface area contributed by atoms with Crippen LogP contribution in [0.2, 0.25) is 0 Å². The summed E-state index contributed by atoms with van der Waals surface area (Å²) in [5.41, 5.74) is 2.40. The highest BCUT2D eigenvalue weighted by Gasteiger charge is 2.06. The third-order valence-electron chi connectivity index (χ3n) is 2.38. The Morgan fingerprint density at radius 2 is 1.73 bits per heavy atom. The number of phenols is 1. The molecule has 2 heteroatoms. The molecular weight excluding hydrogens is 191 g/mol. The minimum atomic E-state index is -0.258. The Morgan fingerprint density at radius 3 is 2.40 bits per heavy atom. The predicted molar refractivity (Wildman–Crippen MR) is 58.2 cm³/mol. The molecule has 0 spiro atoms. The maximum atomic E-state index is 12.9. The number of para-hydroxylation sites is 1. The Labute approximate surface area is 87.8 Å². The minimum Gasteiger partial charge on any atom is -0.507 e. The van der Waals surface area contributed by atoms with Gasteiger partial charge in [0, 0.05) is 5.56 Å². The Balaban J connectivity index is 2.60. The molecule has 2 rings (SSSR count). The maximum Gasteiger partial charge on any atom is 0.123 e. The second-order valence-electron chi connectivity index (χ2n) is 3.48. The van der Waals surface area contributed by atoms with Gasteiger partial charge < -0.3 is 5.11 Å². The van der Waals surface area contributed by atoms with Gasteiger partial charge in [0.1, 0.15) is 11.6 Å². The molecule has 0 unspecified atom stereocenters. The van der Waals surface area contributed by atoms with Gasteiger partial charge in [0.2, 0.25) is 0 Å². The summed E-state index contributed by atoms with van der Waals surface area (Å²) >= 11 is 0. The van der Waals surface area contributed by atoms with Gasteiger partial charge in [0.05, 0.1) is 0 Å². The first-order valence-electron chi connectivity index (χ1n) is 4.73. The Morgan fingerprint density at radius 1 is 1.00 bits per heavy atom. The molecule has 0 bridgehead atoms. The van der Waals surface area contributed by atoms with E-state index in [9.17, 15) is 9.50 Å². The number of benzene rings is 2. The molecule has 0 radical (unpaired) electrons. The highest BCUT2D eigenvalue weighted by molar-refractivity contribution is 5.72. The predicted octanol–water partition coefficient (Wildman–Crippen LogP) is 3.51. The van der Waals surface area contributed by atoms with Crippen LogP contribution in [0.15, 0.2) is 42.5 Å². The second-order valence-corrected chi connectivity index (χ2v) is 3.48. The number of halogens is 1. The fraction of sp³-hybridized carbons (Fsp3) is 0.0769. The summed E-state index contributed by atoms with van der Waals surface area (Å²) in [5.74, 6) is -0.0427. The van der Waals surface area contributed by atoms with Gasteiger partial charge in [-0.3, -0.25) is 0 Å². The zero-order valence-electron chi connectivity index (χ0n) is 8.37. The van der Waals surface area contributed by atoms with Crippen molar-refractivity contribution in [1.29, 1.82) is 0 Å². The number of hydrogen-bond donors (Lipinski definition) is 1. The summed E-state index contributed by atoms with van der Waals surface area (Å²) in [4.78, 5) is 0. The van der Waals surface area contributed by atoms with Gasteiger partial charge in [-0.05, 0) is 36.2 Å². The van der Waals surface area contributed by atoms with E-state index in [2.05, 4.69) is 0 Å². The Hall–Kier alpha value is -1.83. The van der Waals surface area contributed by atoms with Crippen LogP contribution < -0.4 is 0 Å². The third kappa shape index (κ3) is 1.84. The van der Waals surface area contributed by atoms with Crippen molar-refractivity contribution >= 4 is 0 Å². The van der Waals surface area contributed by atoms with Gasteiger partial charge in [0.15, 0.2) is 0 Å². The molecule has 0 aliphatic rings. The van der Waals surface area contributed by atoms with E-state index in [0.29, 0.717) is 0 Å². The zero-order chi connectivity index (χ0) is 10.8. The molecule has 0 saturated heterocycles. The van der Waals surface area contributed by atoms with Gasteiger partial charge in [-0.15, -0.1) is 0 Å². The van der Waals surface area contributed by atoms with Crippen LogP contribution in [0, 0.1) is 12.7 Å². The molecule has 0 heterocycles. The summed E-state index contributed by atoms with van der Waals surface area (Å²) in [5, 5.41) is 9.66. The molecule has 0 atom stereocenters. The van der Waals surface area contributed by atoms with Crippen LogP contribution in [0.5, 0.6) is 5.75 Å². The lowest BCUT2D eigenvalue weighted by Crippen LogP contribution is -1.85. The highest BCUT2D eigenvalue weighted by atomic mass is 19.1. The highest BCUT2D eigenvalue weighted by Crippen LogP contribution is 2.31. The molecule has 15 heavy (non-hydrogen) atoms. The lowest BCUT2D eigenvalue weighted by Gasteiger charge is -2.07. The molecule has 2 aromatic rings. The van der Waals surface area contributed by atoms with Crippen molar-refractivity contribution in [3.63, 3.8) is 0 Å². The van der Waals surface area contributed by atoms with E-state index in [1.165, 1.54) is 12.1 Å². The van der Waals surface area contributed by atoms with E-state index in [1.54, 1.807) is 18.2 Å². The third-order valence-corrected chi connectivity index (χ3v) is 2.38. The van der Waals surface area contributed by atoms with Gasteiger partial charge in [0.25, 0.3) is 0 Å². The minimum absolute atomic E-state index is 0.215. The van der Waals surface area contributed by atoms with Crippen molar-refractivity contribution in [3.05, 3.63) is 53.8 Å². The van der Waals surface area contributed by atoms with Crippen molar-refractivity contribution < 1.29 is 9.50 Å². The molecule has 0 aliphatic heterocycles. The standard InChI is InChI=1S/C13H11FO/c1-9-8-10(14)6-7-11(9)12-4-2-3-5-13(12)15/h2-8,15H,1H3. The van der Waals surface area contributed by atoms with Crippen LogP contribution in [-0.4, -0.2) is 5.11 Å². The number of phenolic OH excluding ortho intramolecular Hbond substituents is 1. The van der Waals surface area contributed by atoms with Crippen molar-refractivity contribution in [3.8, 4) is 16.9 Å². The molecule has 76 valence electrons. The van der Waals surface area contributed by atoms with E-state index in [-0.39, 0.29) is 11.6 Å². The summed E-state index contributed by atoms with van der Waals surface area (Å²) in [6, 6.07) is 11.6. The normalized spacial score (nSPS) is 10.3. The molecule has 0 saturated carbocycles. The first kappa shape index (κ1) is 9.71. The summed E-state index contributed by atoms with van der Waals surface area (Å²) in [7, 11) is 0. The van der Waals surface area contributed by atoms with Crippen LogP contribution in [-0.2, 0) is 0 Å². The average Bonchev–Trinajstić information content (AvgIpc) is 2.20. The lowest BCUT2D eigenvalue weighted by atomic mass is 10.00.